The number of thiol groups is 1. The van der Waals surface area contributed by atoms with Crippen LogP contribution >= 0.6 is 12.6 Å². The lowest BCUT2D eigenvalue weighted by Crippen LogP contribution is -2.58. The van der Waals surface area contributed by atoms with Crippen molar-refractivity contribution in [1.82, 2.24) is 16.0 Å². The van der Waals surface area contributed by atoms with E-state index in [4.69, 9.17) is 5.73 Å². The molecule has 0 aliphatic rings. The molecule has 7 N–H and O–H groups in total. The van der Waals surface area contributed by atoms with Crippen LogP contribution in [0.5, 0.6) is 0 Å². The number of hydrogen-bond acceptors (Lipinski definition) is 7. The van der Waals surface area contributed by atoms with Gasteiger partial charge in [-0.2, -0.15) is 12.6 Å². The fourth-order valence-electron chi connectivity index (χ4n) is 2.84. The first-order chi connectivity index (χ1) is 15.5. The zero-order valence-corrected chi connectivity index (χ0v) is 19.2. The molecule has 182 valence electrons. The molecule has 0 aliphatic heterocycles. The van der Waals surface area contributed by atoms with Crippen molar-refractivity contribution in [3.8, 4) is 0 Å². The maximum Gasteiger partial charge on any atom is 0.326 e. The molecule has 0 aliphatic carbocycles. The minimum absolute atomic E-state index is 0.0291. The van der Waals surface area contributed by atoms with Gasteiger partial charge in [-0.05, 0) is 11.5 Å². The van der Waals surface area contributed by atoms with Gasteiger partial charge in [0.2, 0.25) is 17.7 Å². The van der Waals surface area contributed by atoms with Crippen LogP contribution in [0.15, 0.2) is 30.3 Å². The van der Waals surface area contributed by atoms with E-state index in [1.165, 1.54) is 0 Å². The first-order valence-corrected chi connectivity index (χ1v) is 10.9. The second kappa shape index (κ2) is 13.4. The van der Waals surface area contributed by atoms with Gasteiger partial charge in [0.1, 0.15) is 18.1 Å². The highest BCUT2D eigenvalue weighted by atomic mass is 32.1. The van der Waals surface area contributed by atoms with Gasteiger partial charge in [0.25, 0.3) is 0 Å². The summed E-state index contributed by atoms with van der Waals surface area (Å²) in [6.07, 6.45) is -0.743. The van der Waals surface area contributed by atoms with Gasteiger partial charge in [-0.25, -0.2) is 4.79 Å². The van der Waals surface area contributed by atoms with Gasteiger partial charge < -0.3 is 31.9 Å². The predicted molar refractivity (Wildman–Crippen MR) is 122 cm³/mol. The molecule has 0 spiro atoms. The molecule has 12 heteroatoms. The fourth-order valence-corrected chi connectivity index (χ4v) is 3.01. The number of nitrogens with one attached hydrogen (secondary N) is 3. The molecule has 4 unspecified atom stereocenters. The summed E-state index contributed by atoms with van der Waals surface area (Å²) in [6.45, 7) is 3.14. The number of carboxylic acids is 2. The lowest BCUT2D eigenvalue weighted by atomic mass is 10.0. The maximum absolute atomic E-state index is 13.0. The minimum atomic E-state index is -1.57. The van der Waals surface area contributed by atoms with Gasteiger partial charge in [0, 0.05) is 12.2 Å². The number of hydrogen-bond donors (Lipinski definition) is 7. The third-order valence-electron chi connectivity index (χ3n) is 4.69. The Bertz CT molecular complexity index is 850. The van der Waals surface area contributed by atoms with Crippen molar-refractivity contribution in [2.45, 2.75) is 50.9 Å². The molecule has 0 saturated carbocycles. The number of amides is 3. The largest absolute Gasteiger partial charge is 0.481 e. The molecule has 3 amide bonds. The van der Waals surface area contributed by atoms with E-state index < -0.39 is 66.2 Å². The number of carboxylic acid groups (broad SMARTS) is 2. The molecule has 1 aromatic rings. The van der Waals surface area contributed by atoms with Crippen molar-refractivity contribution in [3.05, 3.63) is 35.9 Å². The number of rotatable bonds is 13. The SMILES string of the molecule is CC(C)C(NC(=O)C(CC(=O)O)NC(=O)C(Cc1ccccc1)NC(=O)C(N)CS)C(=O)O. The fraction of sp³-hybridized carbons (Fsp3) is 0.476. The zero-order valence-electron chi connectivity index (χ0n) is 18.4. The van der Waals surface area contributed by atoms with Crippen LogP contribution in [0.1, 0.15) is 25.8 Å². The summed E-state index contributed by atoms with van der Waals surface area (Å²) >= 11 is 3.96. The average molecular weight is 483 g/mol. The van der Waals surface area contributed by atoms with Crippen LogP contribution in [0.25, 0.3) is 0 Å². The summed E-state index contributed by atoms with van der Waals surface area (Å²) in [6, 6.07) is 3.71. The third kappa shape index (κ3) is 9.49. The average Bonchev–Trinajstić information content (AvgIpc) is 2.75. The van der Waals surface area contributed by atoms with Crippen LogP contribution in [0, 0.1) is 5.92 Å². The summed E-state index contributed by atoms with van der Waals surface area (Å²) < 4.78 is 0. The van der Waals surface area contributed by atoms with Gasteiger partial charge >= 0.3 is 11.9 Å². The van der Waals surface area contributed by atoms with Crippen LogP contribution in [-0.2, 0) is 30.4 Å². The standard InChI is InChI=1S/C21H30N4O7S/c1-11(2)17(21(31)32)25-20(30)15(9-16(26)27)24-19(29)14(23-18(28)13(22)10-33)8-12-6-4-3-5-7-12/h3-7,11,13-15,17,33H,8-10,22H2,1-2H3,(H,23,28)(H,24,29)(H,25,30)(H,26,27)(H,31,32). The molecule has 0 bridgehead atoms. The second-order valence-electron chi connectivity index (χ2n) is 7.77. The van der Waals surface area contributed by atoms with E-state index in [1.807, 2.05) is 0 Å². The Hall–Kier alpha value is -3.12. The quantitative estimate of drug-likeness (QED) is 0.177. The molecule has 1 aromatic carbocycles. The third-order valence-corrected chi connectivity index (χ3v) is 5.08. The van der Waals surface area contributed by atoms with Gasteiger partial charge in [0.15, 0.2) is 0 Å². The number of nitrogens with two attached hydrogens (primary N) is 1. The smallest absolute Gasteiger partial charge is 0.326 e. The normalized spacial score (nSPS) is 14.5. The number of carbonyl (C=O) groups is 5. The van der Waals surface area contributed by atoms with Gasteiger partial charge in [-0.15, -0.1) is 0 Å². The van der Waals surface area contributed by atoms with E-state index >= 15 is 0 Å². The topological polar surface area (TPSA) is 188 Å². The van der Waals surface area contributed by atoms with Crippen LogP contribution in [0.2, 0.25) is 0 Å². The lowest BCUT2D eigenvalue weighted by Gasteiger charge is -2.25. The molecule has 0 radical (unpaired) electrons. The summed E-state index contributed by atoms with van der Waals surface area (Å²) in [5.74, 6) is -5.57. The van der Waals surface area contributed by atoms with Gasteiger partial charge in [-0.1, -0.05) is 44.2 Å². The predicted octanol–water partition coefficient (Wildman–Crippen LogP) is -0.844. The molecule has 0 heterocycles. The number of benzene rings is 1. The summed E-state index contributed by atoms with van der Waals surface area (Å²) in [7, 11) is 0. The molecular weight excluding hydrogens is 452 g/mol. The van der Waals surface area contributed by atoms with E-state index in [2.05, 4.69) is 28.6 Å². The summed E-state index contributed by atoms with van der Waals surface area (Å²) in [5.41, 5.74) is 6.36. The number of carbonyl (C=O) groups excluding carboxylic acids is 3. The van der Waals surface area contributed by atoms with Crippen LogP contribution in [-0.4, -0.2) is 69.8 Å². The summed E-state index contributed by atoms with van der Waals surface area (Å²) in [4.78, 5) is 60.5. The van der Waals surface area contributed by atoms with Crippen molar-refractivity contribution < 1.29 is 34.2 Å². The Balaban J connectivity index is 3.09. The van der Waals surface area contributed by atoms with E-state index in [-0.39, 0.29) is 12.2 Å². The van der Waals surface area contributed by atoms with E-state index in [0.29, 0.717) is 5.56 Å². The highest BCUT2D eigenvalue weighted by Crippen LogP contribution is 2.07. The first-order valence-electron chi connectivity index (χ1n) is 10.2. The molecule has 11 nitrogen and oxygen atoms in total. The lowest BCUT2D eigenvalue weighted by molar-refractivity contribution is -0.144. The zero-order chi connectivity index (χ0) is 25.1. The molecule has 1 rings (SSSR count). The van der Waals surface area contributed by atoms with Crippen molar-refractivity contribution >= 4 is 42.3 Å². The highest BCUT2D eigenvalue weighted by molar-refractivity contribution is 7.80. The minimum Gasteiger partial charge on any atom is -0.481 e. The molecule has 0 fully saturated rings. The van der Waals surface area contributed by atoms with E-state index in [9.17, 15) is 34.2 Å². The van der Waals surface area contributed by atoms with Gasteiger partial charge in [-0.3, -0.25) is 19.2 Å². The Morgan fingerprint density at radius 3 is 1.94 bits per heavy atom. The van der Waals surface area contributed by atoms with Crippen LogP contribution in [0.4, 0.5) is 0 Å². The summed E-state index contributed by atoms with van der Waals surface area (Å²) in [5, 5.41) is 25.5. The Labute approximate surface area is 196 Å². The molecule has 0 aromatic heterocycles. The Kier molecular flexibility index (Phi) is 11.4. The van der Waals surface area contributed by atoms with Crippen molar-refractivity contribution in [3.63, 3.8) is 0 Å². The number of aliphatic carboxylic acids is 2. The Morgan fingerprint density at radius 2 is 1.45 bits per heavy atom. The van der Waals surface area contributed by atoms with Crippen molar-refractivity contribution in [2.75, 3.05) is 5.75 Å². The first kappa shape index (κ1) is 27.9. The van der Waals surface area contributed by atoms with Gasteiger partial charge in [0.05, 0.1) is 12.5 Å². The molecule has 4 atom stereocenters. The molecule has 0 saturated heterocycles. The Morgan fingerprint density at radius 1 is 0.909 bits per heavy atom. The van der Waals surface area contributed by atoms with Crippen LogP contribution < -0.4 is 21.7 Å². The second-order valence-corrected chi connectivity index (χ2v) is 8.13. The molecular formula is C21H30N4O7S. The monoisotopic (exact) mass is 482 g/mol. The van der Waals surface area contributed by atoms with Crippen molar-refractivity contribution in [1.29, 1.82) is 0 Å². The highest BCUT2D eigenvalue weighted by Gasteiger charge is 2.32. The van der Waals surface area contributed by atoms with Crippen LogP contribution in [0.3, 0.4) is 0 Å². The van der Waals surface area contributed by atoms with Crippen molar-refractivity contribution in [2.24, 2.45) is 11.7 Å². The van der Waals surface area contributed by atoms with E-state index in [0.717, 1.165) is 0 Å². The molecule has 33 heavy (non-hydrogen) atoms. The van der Waals surface area contributed by atoms with E-state index in [1.54, 1.807) is 44.2 Å². The maximum atomic E-state index is 13.0.